The summed E-state index contributed by atoms with van der Waals surface area (Å²) in [4.78, 5) is 4.35. The SMILES string of the molecule is CCNC(=NCCS(=O)(=O)NCc1ccccc1)NCCc1ccccc1Cl.I. The van der Waals surface area contributed by atoms with Gasteiger partial charge in [-0.1, -0.05) is 60.1 Å². The van der Waals surface area contributed by atoms with Crippen LogP contribution in [0.4, 0.5) is 0 Å². The average Bonchev–Trinajstić information content (AvgIpc) is 2.69. The van der Waals surface area contributed by atoms with E-state index >= 15 is 0 Å². The molecule has 0 saturated heterocycles. The van der Waals surface area contributed by atoms with E-state index in [9.17, 15) is 8.42 Å². The Balaban J connectivity index is 0.00000420. The Labute approximate surface area is 195 Å². The van der Waals surface area contributed by atoms with Crippen molar-refractivity contribution in [1.29, 1.82) is 0 Å². The van der Waals surface area contributed by atoms with Crippen molar-refractivity contribution < 1.29 is 8.42 Å². The molecule has 0 amide bonds. The molecule has 0 aliphatic rings. The highest BCUT2D eigenvalue weighted by Gasteiger charge is 2.09. The third kappa shape index (κ3) is 10.3. The van der Waals surface area contributed by atoms with E-state index in [2.05, 4.69) is 20.3 Å². The van der Waals surface area contributed by atoms with Gasteiger partial charge in [-0.15, -0.1) is 24.0 Å². The summed E-state index contributed by atoms with van der Waals surface area (Å²) in [5.41, 5.74) is 1.98. The van der Waals surface area contributed by atoms with Crippen LogP contribution >= 0.6 is 35.6 Å². The number of benzene rings is 2. The monoisotopic (exact) mass is 550 g/mol. The summed E-state index contributed by atoms with van der Waals surface area (Å²) >= 11 is 6.16. The van der Waals surface area contributed by atoms with Gasteiger partial charge < -0.3 is 10.6 Å². The van der Waals surface area contributed by atoms with Crippen molar-refractivity contribution >= 4 is 51.6 Å². The zero-order valence-electron chi connectivity index (χ0n) is 16.4. The number of aliphatic imine (C=N–C) groups is 1. The molecule has 0 unspecified atom stereocenters. The molecule has 0 saturated carbocycles. The van der Waals surface area contributed by atoms with Crippen LogP contribution in [0.1, 0.15) is 18.1 Å². The fraction of sp³-hybridized carbons (Fsp3) is 0.350. The van der Waals surface area contributed by atoms with Crippen LogP contribution in [0, 0.1) is 0 Å². The predicted octanol–water partition coefficient (Wildman–Crippen LogP) is 3.18. The van der Waals surface area contributed by atoms with Crippen LogP contribution in [0.3, 0.4) is 0 Å². The highest BCUT2D eigenvalue weighted by atomic mass is 127. The Bertz CT molecular complexity index is 864. The summed E-state index contributed by atoms with van der Waals surface area (Å²) in [6, 6.07) is 17.1. The number of guanidine groups is 1. The molecule has 29 heavy (non-hydrogen) atoms. The molecule has 6 nitrogen and oxygen atoms in total. The summed E-state index contributed by atoms with van der Waals surface area (Å²) in [6.07, 6.45) is 0.751. The third-order valence-corrected chi connectivity index (χ3v) is 5.63. The van der Waals surface area contributed by atoms with Gasteiger partial charge in [0.05, 0.1) is 12.3 Å². The smallest absolute Gasteiger partial charge is 0.213 e. The molecule has 0 bridgehead atoms. The van der Waals surface area contributed by atoms with Gasteiger partial charge in [-0.3, -0.25) is 4.99 Å². The van der Waals surface area contributed by atoms with Gasteiger partial charge in [0.15, 0.2) is 5.96 Å². The standard InChI is InChI=1S/C20H27ClN4O2S.HI/c1-2-22-20(23-13-12-18-10-6-7-11-19(18)21)24-14-15-28(26,27)25-16-17-8-4-3-5-9-17;/h3-11,25H,2,12-16H2,1H3,(H2,22,23,24);1H. The minimum Gasteiger partial charge on any atom is -0.357 e. The molecule has 2 aromatic carbocycles. The first kappa shape index (κ1) is 25.7. The second-order valence-electron chi connectivity index (χ2n) is 6.15. The number of nitrogens with zero attached hydrogens (tertiary/aromatic N) is 1. The van der Waals surface area contributed by atoms with Gasteiger partial charge in [0.25, 0.3) is 0 Å². The maximum Gasteiger partial charge on any atom is 0.213 e. The van der Waals surface area contributed by atoms with Crippen molar-refractivity contribution in [1.82, 2.24) is 15.4 Å². The summed E-state index contributed by atoms with van der Waals surface area (Å²) in [7, 11) is -3.39. The first-order valence-corrected chi connectivity index (χ1v) is 11.3. The first-order chi connectivity index (χ1) is 13.5. The highest BCUT2D eigenvalue weighted by molar-refractivity contribution is 14.0. The molecule has 9 heteroatoms. The minimum absolute atomic E-state index is 0. The molecular formula is C20H28ClIN4O2S. The van der Waals surface area contributed by atoms with Crippen molar-refractivity contribution in [3.8, 4) is 0 Å². The predicted molar refractivity (Wildman–Crippen MR) is 132 cm³/mol. The zero-order chi connectivity index (χ0) is 20.2. The number of sulfonamides is 1. The third-order valence-electron chi connectivity index (χ3n) is 3.96. The molecule has 0 aliphatic carbocycles. The van der Waals surface area contributed by atoms with Crippen molar-refractivity contribution in [3.05, 3.63) is 70.7 Å². The molecule has 0 aliphatic heterocycles. The van der Waals surface area contributed by atoms with Crippen LogP contribution in [0.2, 0.25) is 5.02 Å². The lowest BCUT2D eigenvalue weighted by molar-refractivity contribution is 0.581. The summed E-state index contributed by atoms with van der Waals surface area (Å²) in [6.45, 7) is 3.75. The number of nitrogens with one attached hydrogen (secondary N) is 3. The first-order valence-electron chi connectivity index (χ1n) is 9.27. The van der Waals surface area contributed by atoms with E-state index < -0.39 is 10.0 Å². The summed E-state index contributed by atoms with van der Waals surface area (Å²) < 4.78 is 26.9. The lowest BCUT2D eigenvalue weighted by atomic mass is 10.1. The molecular weight excluding hydrogens is 523 g/mol. The molecule has 0 spiro atoms. The fourth-order valence-electron chi connectivity index (χ4n) is 2.50. The largest absolute Gasteiger partial charge is 0.357 e. The van der Waals surface area contributed by atoms with E-state index in [-0.39, 0.29) is 42.8 Å². The molecule has 0 atom stereocenters. The number of hydrogen-bond acceptors (Lipinski definition) is 3. The van der Waals surface area contributed by atoms with Crippen LogP contribution in [0.15, 0.2) is 59.6 Å². The number of rotatable bonds is 10. The van der Waals surface area contributed by atoms with Crippen LogP contribution in [-0.2, 0) is 23.0 Å². The number of halogens is 2. The molecule has 0 heterocycles. The maximum absolute atomic E-state index is 12.1. The van der Waals surface area contributed by atoms with E-state index in [4.69, 9.17) is 11.6 Å². The van der Waals surface area contributed by atoms with E-state index in [1.807, 2.05) is 61.5 Å². The van der Waals surface area contributed by atoms with Crippen molar-refractivity contribution in [3.63, 3.8) is 0 Å². The van der Waals surface area contributed by atoms with Crippen molar-refractivity contribution in [2.75, 3.05) is 25.4 Å². The minimum atomic E-state index is -3.39. The van der Waals surface area contributed by atoms with E-state index in [0.29, 0.717) is 19.0 Å². The average molecular weight is 551 g/mol. The van der Waals surface area contributed by atoms with Crippen LogP contribution in [0.5, 0.6) is 0 Å². The second-order valence-corrected chi connectivity index (χ2v) is 8.49. The molecule has 2 rings (SSSR count). The molecule has 0 fully saturated rings. The zero-order valence-corrected chi connectivity index (χ0v) is 20.3. The highest BCUT2D eigenvalue weighted by Crippen LogP contribution is 2.14. The van der Waals surface area contributed by atoms with E-state index in [1.165, 1.54) is 0 Å². The van der Waals surface area contributed by atoms with Gasteiger partial charge in [0.1, 0.15) is 0 Å². The molecule has 3 N–H and O–H groups in total. The van der Waals surface area contributed by atoms with Crippen molar-refractivity contribution in [2.45, 2.75) is 19.9 Å². The van der Waals surface area contributed by atoms with E-state index in [1.54, 1.807) is 0 Å². The Morgan fingerprint density at radius 2 is 1.72 bits per heavy atom. The maximum atomic E-state index is 12.1. The lowest BCUT2D eigenvalue weighted by Crippen LogP contribution is -2.39. The quantitative estimate of drug-likeness (QED) is 0.241. The van der Waals surface area contributed by atoms with Crippen LogP contribution in [0.25, 0.3) is 0 Å². The lowest BCUT2D eigenvalue weighted by Gasteiger charge is -2.12. The summed E-state index contributed by atoms with van der Waals surface area (Å²) in [5.74, 6) is 0.522. The van der Waals surface area contributed by atoms with Gasteiger partial charge in [-0.25, -0.2) is 13.1 Å². The van der Waals surface area contributed by atoms with Gasteiger partial charge in [-0.05, 0) is 30.5 Å². The van der Waals surface area contributed by atoms with Gasteiger partial charge in [-0.2, -0.15) is 0 Å². The van der Waals surface area contributed by atoms with E-state index in [0.717, 1.165) is 22.6 Å². The van der Waals surface area contributed by atoms with Crippen LogP contribution in [-0.4, -0.2) is 39.8 Å². The summed E-state index contributed by atoms with van der Waals surface area (Å²) in [5, 5.41) is 7.06. The molecule has 160 valence electrons. The Morgan fingerprint density at radius 3 is 2.41 bits per heavy atom. The second kappa shape index (κ2) is 13.8. The Kier molecular flexibility index (Phi) is 12.2. The Morgan fingerprint density at radius 1 is 1.03 bits per heavy atom. The molecule has 0 aromatic heterocycles. The Hall–Kier alpha value is -1.36. The molecule has 2 aromatic rings. The van der Waals surface area contributed by atoms with Crippen molar-refractivity contribution in [2.24, 2.45) is 4.99 Å². The number of hydrogen-bond donors (Lipinski definition) is 3. The fourth-order valence-corrected chi connectivity index (χ4v) is 3.59. The van der Waals surface area contributed by atoms with Gasteiger partial charge >= 0.3 is 0 Å². The topological polar surface area (TPSA) is 82.6 Å². The van der Waals surface area contributed by atoms with Crippen LogP contribution < -0.4 is 15.4 Å². The van der Waals surface area contributed by atoms with Gasteiger partial charge in [0, 0.05) is 24.7 Å². The van der Waals surface area contributed by atoms with Gasteiger partial charge in [0.2, 0.25) is 10.0 Å². The molecule has 0 radical (unpaired) electrons. The normalized spacial score (nSPS) is 11.6.